The first kappa shape index (κ1) is 23.6. The lowest BCUT2D eigenvalue weighted by Gasteiger charge is -2.37. The lowest BCUT2D eigenvalue weighted by Crippen LogP contribution is -2.49. The van der Waals surface area contributed by atoms with E-state index in [0.717, 1.165) is 24.8 Å². The van der Waals surface area contributed by atoms with Gasteiger partial charge in [0.15, 0.2) is 0 Å². The third kappa shape index (κ3) is 5.60. The van der Waals surface area contributed by atoms with Crippen molar-refractivity contribution in [3.63, 3.8) is 0 Å². The Labute approximate surface area is 212 Å². The van der Waals surface area contributed by atoms with E-state index in [1.165, 1.54) is 17.0 Å². The topological polar surface area (TPSA) is 61.9 Å². The number of carbonyl (C=O) groups excluding carboxylic acids is 2. The van der Waals surface area contributed by atoms with E-state index in [1.54, 1.807) is 57.5 Å². The van der Waals surface area contributed by atoms with Gasteiger partial charge in [-0.3, -0.25) is 4.79 Å². The Balaban J connectivity index is 1.30. The second-order valence-corrected chi connectivity index (χ2v) is 10.2. The number of anilines is 1. The van der Waals surface area contributed by atoms with Crippen LogP contribution < -0.4 is 10.1 Å². The third-order valence-corrected chi connectivity index (χ3v) is 7.48. The standard InChI is InChI=1S/C26H25ClFN3O3S/c27-17-3-1-5-19(13-17)29-26(33)31(20-7-8-20)15-25(32)30-11-9-24-22(10-12-35-24)23(30)16-34-21-6-2-4-18(28)14-21/h1-6,10,12-14,20,23H,7-9,11,15-16H2,(H,29,33)/t23-/m0/s1. The first-order valence-electron chi connectivity index (χ1n) is 11.6. The van der Waals surface area contributed by atoms with Crippen LogP contribution in [0.2, 0.25) is 5.02 Å². The quantitative estimate of drug-likeness (QED) is 0.438. The minimum absolute atomic E-state index is 0.0208. The van der Waals surface area contributed by atoms with E-state index in [9.17, 15) is 14.0 Å². The van der Waals surface area contributed by atoms with Gasteiger partial charge in [0.1, 0.15) is 24.7 Å². The van der Waals surface area contributed by atoms with Gasteiger partial charge in [-0.05, 0) is 66.6 Å². The molecule has 1 aromatic heterocycles. The maximum atomic E-state index is 13.6. The van der Waals surface area contributed by atoms with Crippen molar-refractivity contribution in [2.24, 2.45) is 0 Å². The van der Waals surface area contributed by atoms with Crippen molar-refractivity contribution in [2.75, 3.05) is 25.0 Å². The molecule has 0 spiro atoms. The van der Waals surface area contributed by atoms with Crippen LogP contribution in [-0.2, 0) is 11.2 Å². The number of urea groups is 1. The summed E-state index contributed by atoms with van der Waals surface area (Å²) >= 11 is 7.71. The number of amides is 3. The summed E-state index contributed by atoms with van der Waals surface area (Å²) in [6, 6.07) is 14.4. The highest BCUT2D eigenvalue weighted by atomic mass is 35.5. The highest BCUT2D eigenvalue weighted by Crippen LogP contribution is 2.35. The number of thiophene rings is 1. The van der Waals surface area contributed by atoms with E-state index >= 15 is 0 Å². The number of hydrogen-bond donors (Lipinski definition) is 1. The van der Waals surface area contributed by atoms with Gasteiger partial charge in [-0.1, -0.05) is 23.7 Å². The highest BCUT2D eigenvalue weighted by molar-refractivity contribution is 7.10. The molecule has 1 aliphatic carbocycles. The number of ether oxygens (including phenoxy) is 1. The van der Waals surface area contributed by atoms with Crippen LogP contribution >= 0.6 is 22.9 Å². The molecule has 1 saturated carbocycles. The minimum Gasteiger partial charge on any atom is -0.491 e. The second kappa shape index (κ2) is 10.3. The molecule has 1 fully saturated rings. The summed E-state index contributed by atoms with van der Waals surface area (Å²) < 4.78 is 19.5. The lowest BCUT2D eigenvalue weighted by atomic mass is 10.0. The molecular weight excluding hydrogens is 489 g/mol. The van der Waals surface area contributed by atoms with Crippen molar-refractivity contribution < 1.29 is 18.7 Å². The van der Waals surface area contributed by atoms with Crippen molar-refractivity contribution in [2.45, 2.75) is 31.3 Å². The molecule has 0 bridgehead atoms. The molecule has 0 saturated heterocycles. The maximum absolute atomic E-state index is 13.6. The molecule has 1 aliphatic heterocycles. The summed E-state index contributed by atoms with van der Waals surface area (Å²) in [6.45, 7) is 0.724. The van der Waals surface area contributed by atoms with E-state index in [-0.39, 0.29) is 43.0 Å². The zero-order valence-corrected chi connectivity index (χ0v) is 20.5. The summed E-state index contributed by atoms with van der Waals surface area (Å²) in [5, 5.41) is 5.40. The molecular formula is C26H25ClFN3O3S. The Hall–Kier alpha value is -3.10. The molecule has 3 amide bonds. The maximum Gasteiger partial charge on any atom is 0.322 e. The number of halogens is 2. The molecule has 1 atom stereocenters. The van der Waals surface area contributed by atoms with Gasteiger partial charge in [-0.2, -0.15) is 0 Å². The average Bonchev–Trinajstić information content (AvgIpc) is 3.56. The van der Waals surface area contributed by atoms with Gasteiger partial charge in [-0.15, -0.1) is 11.3 Å². The van der Waals surface area contributed by atoms with Crippen molar-refractivity contribution in [1.29, 1.82) is 0 Å². The minimum atomic E-state index is -0.374. The molecule has 2 heterocycles. The van der Waals surface area contributed by atoms with Crippen molar-refractivity contribution in [1.82, 2.24) is 9.80 Å². The monoisotopic (exact) mass is 513 g/mol. The number of nitrogens with one attached hydrogen (secondary N) is 1. The molecule has 2 aromatic carbocycles. The molecule has 5 rings (SSSR count). The van der Waals surface area contributed by atoms with Gasteiger partial charge in [0.25, 0.3) is 0 Å². The van der Waals surface area contributed by atoms with Gasteiger partial charge >= 0.3 is 6.03 Å². The van der Waals surface area contributed by atoms with Gasteiger partial charge < -0.3 is 19.9 Å². The van der Waals surface area contributed by atoms with Crippen LogP contribution in [0.3, 0.4) is 0 Å². The summed E-state index contributed by atoms with van der Waals surface area (Å²) in [5.41, 5.74) is 1.63. The fraction of sp³-hybridized carbons (Fsp3) is 0.308. The molecule has 35 heavy (non-hydrogen) atoms. The van der Waals surface area contributed by atoms with Crippen LogP contribution in [0.15, 0.2) is 60.0 Å². The average molecular weight is 514 g/mol. The smallest absolute Gasteiger partial charge is 0.322 e. The van der Waals surface area contributed by atoms with E-state index in [1.807, 2.05) is 11.4 Å². The Morgan fingerprint density at radius 3 is 2.77 bits per heavy atom. The zero-order chi connectivity index (χ0) is 24.4. The molecule has 0 unspecified atom stereocenters. The largest absolute Gasteiger partial charge is 0.491 e. The molecule has 3 aromatic rings. The predicted octanol–water partition coefficient (Wildman–Crippen LogP) is 5.74. The van der Waals surface area contributed by atoms with Gasteiger partial charge in [0.2, 0.25) is 5.91 Å². The number of rotatable bonds is 7. The van der Waals surface area contributed by atoms with E-state index in [4.69, 9.17) is 16.3 Å². The number of nitrogens with zero attached hydrogens (tertiary/aromatic N) is 2. The SMILES string of the molecule is O=C(Nc1cccc(Cl)c1)N(CC(=O)N1CCc2sccc2[C@@H]1COc1cccc(F)c1)C1CC1. The first-order valence-corrected chi connectivity index (χ1v) is 12.8. The van der Waals surface area contributed by atoms with Gasteiger partial charge in [-0.25, -0.2) is 9.18 Å². The van der Waals surface area contributed by atoms with Gasteiger partial charge in [0, 0.05) is 34.2 Å². The van der Waals surface area contributed by atoms with Crippen molar-refractivity contribution in [3.8, 4) is 5.75 Å². The summed E-state index contributed by atoms with van der Waals surface area (Å²) in [6.07, 6.45) is 2.50. The molecule has 2 aliphatic rings. The van der Waals surface area contributed by atoms with Crippen molar-refractivity contribution in [3.05, 3.63) is 81.3 Å². The summed E-state index contributed by atoms with van der Waals surface area (Å²) in [4.78, 5) is 31.2. The molecule has 6 nitrogen and oxygen atoms in total. The number of carbonyl (C=O) groups is 2. The molecule has 0 radical (unpaired) electrons. The molecule has 182 valence electrons. The normalized spacial score (nSPS) is 17.0. The van der Waals surface area contributed by atoms with Crippen LogP contribution in [0.25, 0.3) is 0 Å². The fourth-order valence-electron chi connectivity index (χ4n) is 4.36. The lowest BCUT2D eigenvalue weighted by molar-refractivity contribution is -0.135. The van der Waals surface area contributed by atoms with Crippen LogP contribution in [0.4, 0.5) is 14.9 Å². The number of benzene rings is 2. The van der Waals surface area contributed by atoms with Crippen LogP contribution in [0.5, 0.6) is 5.75 Å². The summed E-state index contributed by atoms with van der Waals surface area (Å²) in [7, 11) is 0. The van der Waals surface area contributed by atoms with Crippen LogP contribution in [0, 0.1) is 5.82 Å². The number of fused-ring (bicyclic) bond motifs is 1. The Morgan fingerprint density at radius 2 is 2.00 bits per heavy atom. The summed E-state index contributed by atoms with van der Waals surface area (Å²) in [5.74, 6) is -0.0933. The zero-order valence-electron chi connectivity index (χ0n) is 19.0. The van der Waals surface area contributed by atoms with E-state index in [2.05, 4.69) is 5.32 Å². The van der Waals surface area contributed by atoms with E-state index < -0.39 is 0 Å². The van der Waals surface area contributed by atoms with Crippen molar-refractivity contribution >= 4 is 40.6 Å². The molecule has 9 heteroatoms. The van der Waals surface area contributed by atoms with Gasteiger partial charge in [0.05, 0.1) is 6.04 Å². The van der Waals surface area contributed by atoms with E-state index in [0.29, 0.717) is 23.0 Å². The first-order chi connectivity index (χ1) is 17.0. The second-order valence-electron chi connectivity index (χ2n) is 8.72. The van der Waals surface area contributed by atoms with Crippen LogP contribution in [-0.4, -0.2) is 47.5 Å². The number of hydrogen-bond acceptors (Lipinski definition) is 4. The van der Waals surface area contributed by atoms with Crippen LogP contribution in [0.1, 0.15) is 29.3 Å². The Kier molecular flexibility index (Phi) is 6.92. The predicted molar refractivity (Wildman–Crippen MR) is 135 cm³/mol. The Bertz CT molecular complexity index is 1230. The highest BCUT2D eigenvalue weighted by Gasteiger charge is 2.38. The molecule has 1 N–H and O–H groups in total. The third-order valence-electron chi connectivity index (χ3n) is 6.25. The Morgan fingerprint density at radius 1 is 1.17 bits per heavy atom. The fourth-order valence-corrected chi connectivity index (χ4v) is 5.48.